The molecule has 0 aliphatic rings. The average Bonchev–Trinajstić information content (AvgIpc) is 2.97. The summed E-state index contributed by atoms with van der Waals surface area (Å²) in [7, 11) is 0. The first-order valence-electron chi connectivity index (χ1n) is 7.87. The fourth-order valence-corrected chi connectivity index (χ4v) is 2.75. The number of aromatic carboxylic acids is 1. The number of halogens is 1. The predicted molar refractivity (Wildman–Crippen MR) is 92.1 cm³/mol. The molecule has 0 unspecified atom stereocenters. The summed E-state index contributed by atoms with van der Waals surface area (Å²) in [4.78, 5) is 26.0. The molecule has 25 heavy (non-hydrogen) atoms. The van der Waals surface area contributed by atoms with Crippen molar-refractivity contribution in [3.05, 3.63) is 71.2 Å². The third-order valence-electron chi connectivity index (χ3n) is 3.99. The Morgan fingerprint density at radius 3 is 2.80 bits per heavy atom. The van der Waals surface area contributed by atoms with Gasteiger partial charge in [0.1, 0.15) is 5.82 Å². The van der Waals surface area contributed by atoms with Gasteiger partial charge in [0.05, 0.1) is 12.0 Å². The fraction of sp³-hybridized carbons (Fsp3) is 0.158. The molecule has 1 aromatic heterocycles. The maximum absolute atomic E-state index is 13.2. The van der Waals surface area contributed by atoms with E-state index in [-0.39, 0.29) is 23.7 Å². The lowest BCUT2D eigenvalue weighted by molar-refractivity contribution is -0.120. The number of carboxylic acids is 1. The van der Waals surface area contributed by atoms with Gasteiger partial charge in [-0.3, -0.25) is 4.79 Å². The number of carbonyl (C=O) groups is 2. The summed E-state index contributed by atoms with van der Waals surface area (Å²) < 4.78 is 13.2. The van der Waals surface area contributed by atoms with Crippen LogP contribution in [0.5, 0.6) is 0 Å². The van der Waals surface area contributed by atoms with Crippen LogP contribution in [0.1, 0.15) is 21.5 Å². The number of hydrogen-bond acceptors (Lipinski definition) is 2. The van der Waals surface area contributed by atoms with Crippen molar-refractivity contribution in [2.45, 2.75) is 12.8 Å². The molecule has 0 aliphatic carbocycles. The molecule has 3 N–H and O–H groups in total. The first-order valence-corrected chi connectivity index (χ1v) is 7.87. The Kier molecular flexibility index (Phi) is 4.79. The van der Waals surface area contributed by atoms with E-state index in [1.54, 1.807) is 24.4 Å². The zero-order valence-corrected chi connectivity index (χ0v) is 13.4. The zero-order chi connectivity index (χ0) is 17.8. The second-order valence-corrected chi connectivity index (χ2v) is 5.79. The number of carboxylic acid groups (broad SMARTS) is 1. The van der Waals surface area contributed by atoms with E-state index < -0.39 is 5.97 Å². The van der Waals surface area contributed by atoms with Gasteiger partial charge in [-0.25, -0.2) is 9.18 Å². The van der Waals surface area contributed by atoms with Gasteiger partial charge in [0.25, 0.3) is 0 Å². The molecule has 0 atom stereocenters. The molecular formula is C19H17FN2O3. The van der Waals surface area contributed by atoms with Crippen molar-refractivity contribution >= 4 is 22.8 Å². The molecule has 6 heteroatoms. The van der Waals surface area contributed by atoms with Gasteiger partial charge in [-0.2, -0.15) is 0 Å². The third kappa shape index (κ3) is 4.03. The average molecular weight is 340 g/mol. The molecular weight excluding hydrogens is 323 g/mol. The second kappa shape index (κ2) is 7.17. The highest BCUT2D eigenvalue weighted by Crippen LogP contribution is 2.19. The van der Waals surface area contributed by atoms with Crippen molar-refractivity contribution in [1.82, 2.24) is 10.3 Å². The number of benzene rings is 2. The summed E-state index contributed by atoms with van der Waals surface area (Å²) >= 11 is 0. The molecule has 0 bridgehead atoms. The Hall–Kier alpha value is -3.15. The van der Waals surface area contributed by atoms with Crippen molar-refractivity contribution in [3.63, 3.8) is 0 Å². The first kappa shape index (κ1) is 16.7. The van der Waals surface area contributed by atoms with Crippen LogP contribution in [0.2, 0.25) is 0 Å². The topological polar surface area (TPSA) is 82.2 Å². The Morgan fingerprint density at radius 2 is 2.00 bits per heavy atom. The van der Waals surface area contributed by atoms with Crippen LogP contribution in [0.15, 0.2) is 48.7 Å². The second-order valence-electron chi connectivity index (χ2n) is 5.79. The smallest absolute Gasteiger partial charge is 0.335 e. The minimum absolute atomic E-state index is 0.139. The Bertz CT molecular complexity index is 933. The van der Waals surface area contributed by atoms with Crippen molar-refractivity contribution in [2.75, 3.05) is 6.54 Å². The molecule has 3 rings (SSSR count). The Morgan fingerprint density at radius 1 is 1.16 bits per heavy atom. The molecule has 3 aromatic rings. The van der Waals surface area contributed by atoms with Crippen LogP contribution in [0.4, 0.5) is 4.39 Å². The molecule has 2 aromatic carbocycles. The van der Waals surface area contributed by atoms with E-state index in [4.69, 9.17) is 5.11 Å². The summed E-state index contributed by atoms with van der Waals surface area (Å²) in [5.41, 5.74) is 2.55. The number of nitrogens with one attached hydrogen (secondary N) is 2. The predicted octanol–water partition coefficient (Wildman–Crippen LogP) is 2.91. The van der Waals surface area contributed by atoms with Crippen LogP contribution in [0.25, 0.3) is 10.9 Å². The number of fused-ring (bicyclic) bond motifs is 1. The number of aromatic amines is 1. The number of aromatic nitrogens is 1. The van der Waals surface area contributed by atoms with Gasteiger partial charge < -0.3 is 15.4 Å². The standard InChI is InChI=1S/C19H17FN2O3/c20-15-4-5-16-14(11-22-17(16)10-15)9-18(23)21-7-6-12-2-1-3-13(8-12)19(24)25/h1-5,8,10-11,22H,6-7,9H2,(H,21,23)(H,24,25). The highest BCUT2D eigenvalue weighted by Gasteiger charge is 2.09. The summed E-state index contributed by atoms with van der Waals surface area (Å²) in [6.07, 6.45) is 2.45. The van der Waals surface area contributed by atoms with Gasteiger partial charge in [-0.15, -0.1) is 0 Å². The van der Waals surface area contributed by atoms with Gasteiger partial charge in [-0.1, -0.05) is 12.1 Å². The molecule has 0 saturated heterocycles. The van der Waals surface area contributed by atoms with Gasteiger partial charge >= 0.3 is 5.97 Å². The lowest BCUT2D eigenvalue weighted by atomic mass is 10.1. The van der Waals surface area contributed by atoms with Crippen LogP contribution in [-0.2, 0) is 17.6 Å². The summed E-state index contributed by atoms with van der Waals surface area (Å²) in [5, 5.41) is 12.6. The normalized spacial score (nSPS) is 10.8. The summed E-state index contributed by atoms with van der Waals surface area (Å²) in [5.74, 6) is -1.43. The number of amides is 1. The molecule has 0 aliphatic heterocycles. The minimum Gasteiger partial charge on any atom is -0.478 e. The van der Waals surface area contributed by atoms with Crippen LogP contribution >= 0.6 is 0 Å². The highest BCUT2D eigenvalue weighted by atomic mass is 19.1. The largest absolute Gasteiger partial charge is 0.478 e. The number of carbonyl (C=O) groups excluding carboxylic acids is 1. The molecule has 1 heterocycles. The number of hydrogen-bond donors (Lipinski definition) is 3. The molecule has 128 valence electrons. The van der Waals surface area contributed by atoms with Crippen molar-refractivity contribution in [3.8, 4) is 0 Å². The fourth-order valence-electron chi connectivity index (χ4n) is 2.75. The number of rotatable bonds is 6. The maximum atomic E-state index is 13.2. The Labute approximate surface area is 143 Å². The van der Waals surface area contributed by atoms with Crippen LogP contribution in [0, 0.1) is 5.82 Å². The van der Waals surface area contributed by atoms with Crippen molar-refractivity contribution < 1.29 is 19.1 Å². The minimum atomic E-state index is -0.971. The molecule has 1 amide bonds. The van der Waals surface area contributed by atoms with Crippen molar-refractivity contribution in [2.24, 2.45) is 0 Å². The molecule has 0 radical (unpaired) electrons. The highest BCUT2D eigenvalue weighted by molar-refractivity contribution is 5.89. The molecule has 0 saturated carbocycles. The molecule has 0 spiro atoms. The van der Waals surface area contributed by atoms with Crippen LogP contribution in [-0.4, -0.2) is 28.5 Å². The van der Waals surface area contributed by atoms with Gasteiger partial charge in [-0.05, 0) is 47.9 Å². The number of H-pyrrole nitrogens is 1. The van der Waals surface area contributed by atoms with E-state index in [2.05, 4.69) is 10.3 Å². The summed E-state index contributed by atoms with van der Waals surface area (Å²) in [6, 6.07) is 11.1. The zero-order valence-electron chi connectivity index (χ0n) is 13.4. The molecule has 0 fully saturated rings. The molecule has 5 nitrogen and oxygen atoms in total. The van der Waals surface area contributed by atoms with Gasteiger partial charge in [0.15, 0.2) is 0 Å². The lowest BCUT2D eigenvalue weighted by Gasteiger charge is -2.06. The van der Waals surface area contributed by atoms with E-state index in [1.807, 2.05) is 6.07 Å². The van der Waals surface area contributed by atoms with E-state index in [0.29, 0.717) is 18.5 Å². The maximum Gasteiger partial charge on any atom is 0.335 e. The quantitative estimate of drug-likeness (QED) is 0.645. The monoisotopic (exact) mass is 340 g/mol. The van der Waals surface area contributed by atoms with E-state index >= 15 is 0 Å². The lowest BCUT2D eigenvalue weighted by Crippen LogP contribution is -2.27. The third-order valence-corrected chi connectivity index (χ3v) is 3.99. The van der Waals surface area contributed by atoms with Crippen molar-refractivity contribution in [1.29, 1.82) is 0 Å². The SMILES string of the molecule is O=C(Cc1c[nH]c2cc(F)ccc12)NCCc1cccc(C(=O)O)c1. The van der Waals surface area contributed by atoms with E-state index in [9.17, 15) is 14.0 Å². The first-order chi connectivity index (χ1) is 12.0. The summed E-state index contributed by atoms with van der Waals surface area (Å²) in [6.45, 7) is 0.416. The van der Waals surface area contributed by atoms with Gasteiger partial charge in [0, 0.05) is 23.6 Å². The van der Waals surface area contributed by atoms with E-state index in [1.165, 1.54) is 18.2 Å². The van der Waals surface area contributed by atoms with Gasteiger partial charge in [0.2, 0.25) is 5.91 Å². The van der Waals surface area contributed by atoms with Crippen LogP contribution < -0.4 is 5.32 Å². The van der Waals surface area contributed by atoms with Crippen LogP contribution in [0.3, 0.4) is 0 Å². The Balaban J connectivity index is 1.56. The van der Waals surface area contributed by atoms with E-state index in [0.717, 1.165) is 16.5 Å².